The number of carbonyl (C=O) groups is 1. The number of likely N-dealkylation sites (tertiary alicyclic amines) is 2. The highest BCUT2D eigenvalue weighted by Gasteiger charge is 2.29. The van der Waals surface area contributed by atoms with E-state index < -0.39 is 6.03 Å². The molecule has 0 bridgehead atoms. The lowest BCUT2D eigenvalue weighted by atomic mass is 9.85. The number of halogens is 1. The van der Waals surface area contributed by atoms with E-state index in [1.165, 1.54) is 38.5 Å². The number of hydrogen-bond donors (Lipinski definition) is 2. The second-order valence-electron chi connectivity index (χ2n) is 13.5. The average molecular weight is 633 g/mol. The number of hydrazone groups is 2. The largest absolute Gasteiger partial charge is 0.355 e. The summed E-state index contributed by atoms with van der Waals surface area (Å²) in [4.78, 5) is 18.1. The maximum Gasteiger partial charge on any atom is 0.355 e. The second-order valence-corrected chi connectivity index (χ2v) is 13.5. The van der Waals surface area contributed by atoms with E-state index in [0.717, 1.165) is 61.8 Å². The lowest BCUT2D eigenvalue weighted by Crippen LogP contribution is -2.43. The van der Waals surface area contributed by atoms with Gasteiger partial charge in [0.2, 0.25) is 0 Å². The van der Waals surface area contributed by atoms with Crippen LogP contribution in [0.4, 0.5) is 4.79 Å². The highest BCUT2D eigenvalue weighted by Crippen LogP contribution is 2.25. The summed E-state index contributed by atoms with van der Waals surface area (Å²) in [6, 6.07) is 19.9. The van der Waals surface area contributed by atoms with E-state index in [1.807, 2.05) is 48.6 Å². The number of amides is 2. The van der Waals surface area contributed by atoms with Gasteiger partial charge in [0.25, 0.3) is 0 Å². The van der Waals surface area contributed by atoms with Crippen LogP contribution in [-0.2, 0) is 0 Å². The number of piperidine rings is 2. The lowest BCUT2D eigenvalue weighted by molar-refractivity contribution is 0.186. The lowest BCUT2D eigenvalue weighted by Gasteiger charge is -2.35. The summed E-state index contributed by atoms with van der Waals surface area (Å²) >= 11 is 0. The first kappa shape index (κ1) is 36.2. The Morgan fingerprint density at radius 2 is 1.00 bits per heavy atom. The smallest absolute Gasteiger partial charge is 0.302 e. The minimum absolute atomic E-state index is 0. The Kier molecular flexibility index (Phi) is 14.5. The van der Waals surface area contributed by atoms with E-state index in [4.69, 9.17) is 0 Å². The molecule has 2 fully saturated rings. The molecule has 0 unspecified atom stereocenters. The number of benzene rings is 2. The molecule has 4 rings (SSSR count). The topological polar surface area (TPSA) is 72.3 Å². The molecule has 0 aromatic heterocycles. The maximum atomic E-state index is 13.1. The monoisotopic (exact) mass is 632 g/mol. The van der Waals surface area contributed by atoms with Crippen molar-refractivity contribution in [1.29, 1.82) is 0 Å². The van der Waals surface area contributed by atoms with Crippen LogP contribution in [0.3, 0.4) is 0 Å². The number of nitrogens with one attached hydrogen (secondary N) is 2. The van der Waals surface area contributed by atoms with Crippen molar-refractivity contribution < 1.29 is 4.79 Å². The molecular formula is C37H53ClN6O. The molecular weight excluding hydrogens is 580 g/mol. The van der Waals surface area contributed by atoms with Crippen LogP contribution < -0.4 is 10.9 Å². The summed E-state index contributed by atoms with van der Waals surface area (Å²) < 4.78 is 0. The summed E-state index contributed by atoms with van der Waals surface area (Å²) in [5.74, 6) is 0. The van der Waals surface area contributed by atoms with E-state index in [1.54, 1.807) is 0 Å². The molecule has 2 N–H and O–H groups in total. The molecule has 7 nitrogen and oxygen atoms in total. The van der Waals surface area contributed by atoms with Crippen molar-refractivity contribution in [3.63, 3.8) is 0 Å². The minimum atomic E-state index is -0.455. The van der Waals surface area contributed by atoms with Crippen LogP contribution in [0.25, 0.3) is 12.2 Å². The predicted molar refractivity (Wildman–Crippen MR) is 193 cm³/mol. The number of urea groups is 1. The highest BCUT2D eigenvalue weighted by atomic mass is 35.5. The average Bonchev–Trinajstić information content (AvgIpc) is 3.02. The predicted octanol–water partition coefficient (Wildman–Crippen LogP) is 7.87. The van der Waals surface area contributed by atoms with Crippen LogP contribution in [0.5, 0.6) is 0 Å². The standard InChI is InChI=1S/C37H52N6O.ClH/c1-36(2,29-42-25-13-7-14-26-42)33(23-21-31-17-9-5-10-18-31)38-40-35(44)41-39-34(24-22-32-19-11-6-12-20-32)37(3,4)30-43-27-15-8-16-28-43;/h5-6,9-12,17-24H,7-8,13-16,25-30H2,1-4H3,(H2,40,41,44);1H/b23-21+,24-22+,38-33-,39-34-;. The summed E-state index contributed by atoms with van der Waals surface area (Å²) in [7, 11) is 0. The third-order valence-electron chi connectivity index (χ3n) is 8.54. The van der Waals surface area contributed by atoms with Crippen molar-refractivity contribution >= 4 is 42.0 Å². The Bertz CT molecular complexity index is 1190. The number of allylic oxidation sites excluding steroid dienone is 2. The number of rotatable bonds is 12. The van der Waals surface area contributed by atoms with Gasteiger partial charge in [0.1, 0.15) is 0 Å². The van der Waals surface area contributed by atoms with Gasteiger partial charge >= 0.3 is 6.03 Å². The first-order valence-corrected chi connectivity index (χ1v) is 16.3. The van der Waals surface area contributed by atoms with Crippen molar-refractivity contribution in [3.05, 3.63) is 83.9 Å². The fraction of sp³-hybridized carbons (Fsp3) is 0.486. The number of hydrogen-bond acceptors (Lipinski definition) is 5. The molecule has 0 spiro atoms. The Labute approximate surface area is 277 Å². The molecule has 2 aliphatic rings. The summed E-state index contributed by atoms with van der Waals surface area (Å²) in [6.45, 7) is 15.0. The molecule has 2 aliphatic heterocycles. The second kappa shape index (κ2) is 18.0. The number of nitrogens with zero attached hydrogens (tertiary/aromatic N) is 4. The molecule has 2 aromatic carbocycles. The van der Waals surface area contributed by atoms with E-state index in [0.29, 0.717) is 0 Å². The van der Waals surface area contributed by atoms with Crippen molar-refractivity contribution in [2.75, 3.05) is 39.3 Å². The highest BCUT2D eigenvalue weighted by molar-refractivity contribution is 6.03. The minimum Gasteiger partial charge on any atom is -0.302 e. The molecule has 244 valence electrons. The van der Waals surface area contributed by atoms with Crippen LogP contribution in [0.15, 0.2) is 83.0 Å². The fourth-order valence-electron chi connectivity index (χ4n) is 6.07. The Hall–Kier alpha value is -3.26. The molecule has 0 radical (unpaired) electrons. The van der Waals surface area contributed by atoms with Crippen LogP contribution in [-0.4, -0.2) is 66.5 Å². The van der Waals surface area contributed by atoms with Crippen LogP contribution >= 0.6 is 12.4 Å². The first-order chi connectivity index (χ1) is 21.2. The van der Waals surface area contributed by atoms with Gasteiger partial charge in [0.15, 0.2) is 0 Å². The van der Waals surface area contributed by atoms with Gasteiger partial charge in [-0.1, -0.05) is 113 Å². The molecule has 0 atom stereocenters. The first-order valence-electron chi connectivity index (χ1n) is 16.3. The number of carbonyl (C=O) groups excluding carboxylic acids is 1. The Morgan fingerprint density at radius 3 is 1.36 bits per heavy atom. The molecule has 2 saturated heterocycles. The van der Waals surface area contributed by atoms with Crippen LogP contribution in [0.2, 0.25) is 0 Å². The van der Waals surface area contributed by atoms with Gasteiger partial charge in [-0.15, -0.1) is 12.4 Å². The third kappa shape index (κ3) is 12.2. The zero-order valence-electron chi connectivity index (χ0n) is 27.7. The van der Waals surface area contributed by atoms with E-state index in [2.05, 4.69) is 95.0 Å². The summed E-state index contributed by atoms with van der Waals surface area (Å²) in [6.07, 6.45) is 15.7. The zero-order chi connectivity index (χ0) is 31.3. The van der Waals surface area contributed by atoms with E-state index in [9.17, 15) is 4.79 Å². The molecule has 2 amide bonds. The van der Waals surface area contributed by atoms with Gasteiger partial charge < -0.3 is 9.80 Å². The van der Waals surface area contributed by atoms with Gasteiger partial charge in [-0.25, -0.2) is 15.6 Å². The van der Waals surface area contributed by atoms with Crippen LogP contribution in [0, 0.1) is 10.8 Å². The molecule has 0 aliphatic carbocycles. The van der Waals surface area contributed by atoms with Crippen molar-refractivity contribution in [1.82, 2.24) is 20.7 Å². The van der Waals surface area contributed by atoms with Crippen LogP contribution in [0.1, 0.15) is 77.3 Å². The maximum absolute atomic E-state index is 13.1. The fourth-order valence-corrected chi connectivity index (χ4v) is 6.07. The van der Waals surface area contributed by atoms with Crippen molar-refractivity contribution in [3.8, 4) is 0 Å². The Morgan fingerprint density at radius 1 is 0.644 bits per heavy atom. The Balaban J connectivity index is 0.00000552. The van der Waals surface area contributed by atoms with E-state index >= 15 is 0 Å². The van der Waals surface area contributed by atoms with Gasteiger partial charge in [-0.05, 0) is 75.1 Å². The zero-order valence-corrected chi connectivity index (χ0v) is 28.5. The van der Waals surface area contributed by atoms with Gasteiger partial charge in [-0.2, -0.15) is 10.2 Å². The van der Waals surface area contributed by atoms with E-state index in [-0.39, 0.29) is 23.2 Å². The summed E-state index contributed by atoms with van der Waals surface area (Å²) in [5, 5.41) is 9.30. The molecule has 45 heavy (non-hydrogen) atoms. The van der Waals surface area contributed by atoms with Crippen molar-refractivity contribution in [2.24, 2.45) is 21.0 Å². The third-order valence-corrected chi connectivity index (χ3v) is 8.54. The van der Waals surface area contributed by atoms with Gasteiger partial charge in [0.05, 0.1) is 11.4 Å². The van der Waals surface area contributed by atoms with Crippen molar-refractivity contribution in [2.45, 2.75) is 66.2 Å². The van der Waals surface area contributed by atoms with Gasteiger partial charge in [0, 0.05) is 23.9 Å². The quantitative estimate of drug-likeness (QED) is 0.185. The molecule has 0 saturated carbocycles. The summed E-state index contributed by atoms with van der Waals surface area (Å²) in [5.41, 5.74) is 8.80. The SMILES string of the molecule is CC(C)(CN1CCCCC1)C(/C=C/c1ccccc1)=N\NC(=O)N/N=C(/C=C/c1ccccc1)C(C)(C)CN1CCCCC1.Cl. The van der Waals surface area contributed by atoms with Gasteiger partial charge in [-0.3, -0.25) is 0 Å². The molecule has 2 aromatic rings. The molecule has 2 heterocycles. The normalized spacial score (nSPS) is 17.8. The molecule has 8 heteroatoms.